The summed E-state index contributed by atoms with van der Waals surface area (Å²) in [6.07, 6.45) is 5.24. The van der Waals surface area contributed by atoms with Gasteiger partial charge in [0.15, 0.2) is 11.5 Å². The van der Waals surface area contributed by atoms with Crippen molar-refractivity contribution in [2.24, 2.45) is 0 Å². The van der Waals surface area contributed by atoms with Crippen LogP contribution in [0.15, 0.2) is 46.2 Å². The lowest BCUT2D eigenvalue weighted by Crippen LogP contribution is -2.29. The molecule has 0 bridgehead atoms. The lowest BCUT2D eigenvalue weighted by Gasteiger charge is -2.17. The first-order chi connectivity index (χ1) is 13.0. The van der Waals surface area contributed by atoms with Crippen molar-refractivity contribution in [2.75, 3.05) is 0 Å². The predicted molar refractivity (Wildman–Crippen MR) is 103 cm³/mol. The standard InChI is InChI=1S/C20H19N5O2/c1-12-10-15-16(11-13(12)2)25(9-3-4-14-5-7-21-8-6-14)18-17(22-15)19(26)24-20(27)23-18/h5-8,10-11H,3-4,9H2,1-2H3,(H,24,26,27). The van der Waals surface area contributed by atoms with Crippen molar-refractivity contribution >= 4 is 11.0 Å². The Morgan fingerprint density at radius 3 is 2.56 bits per heavy atom. The monoisotopic (exact) mass is 361 g/mol. The van der Waals surface area contributed by atoms with Crippen LogP contribution in [0.2, 0.25) is 0 Å². The Hall–Kier alpha value is -3.35. The number of hydrogen-bond donors (Lipinski definition) is 1. The van der Waals surface area contributed by atoms with Crippen LogP contribution in [0.4, 0.5) is 0 Å². The maximum absolute atomic E-state index is 12.3. The Labute approximate surface area is 155 Å². The van der Waals surface area contributed by atoms with E-state index in [-0.39, 0.29) is 5.69 Å². The normalized spacial score (nSPS) is 11.3. The van der Waals surface area contributed by atoms with E-state index in [2.05, 4.69) is 19.9 Å². The zero-order valence-electron chi connectivity index (χ0n) is 15.2. The zero-order chi connectivity index (χ0) is 19.0. The number of benzene rings is 1. The van der Waals surface area contributed by atoms with E-state index in [1.165, 1.54) is 5.56 Å². The van der Waals surface area contributed by atoms with Crippen LogP contribution in [0, 0.1) is 13.8 Å². The summed E-state index contributed by atoms with van der Waals surface area (Å²) in [5.74, 6) is 0.328. The zero-order valence-corrected chi connectivity index (χ0v) is 15.2. The van der Waals surface area contributed by atoms with Gasteiger partial charge in [0.2, 0.25) is 0 Å². The third kappa shape index (κ3) is 3.23. The smallest absolute Gasteiger partial charge is 0.322 e. The number of aromatic amines is 1. The van der Waals surface area contributed by atoms with Gasteiger partial charge >= 0.3 is 5.69 Å². The quantitative estimate of drug-likeness (QED) is 0.563. The van der Waals surface area contributed by atoms with Crippen LogP contribution in [-0.2, 0) is 13.0 Å². The average Bonchev–Trinajstić information content (AvgIpc) is 2.64. The fraction of sp³-hybridized carbons (Fsp3) is 0.250. The molecule has 136 valence electrons. The van der Waals surface area contributed by atoms with Crippen LogP contribution < -0.4 is 11.2 Å². The van der Waals surface area contributed by atoms with Crippen molar-refractivity contribution in [3.8, 4) is 11.5 Å². The minimum atomic E-state index is -0.652. The molecule has 0 unspecified atom stereocenters. The van der Waals surface area contributed by atoms with Crippen LogP contribution in [0.5, 0.6) is 0 Å². The molecule has 7 heteroatoms. The van der Waals surface area contributed by atoms with Crippen molar-refractivity contribution in [1.29, 1.82) is 0 Å². The van der Waals surface area contributed by atoms with Crippen LogP contribution >= 0.6 is 0 Å². The Balaban J connectivity index is 1.85. The van der Waals surface area contributed by atoms with Gasteiger partial charge in [-0.25, -0.2) is 9.78 Å². The highest BCUT2D eigenvalue weighted by atomic mass is 16.2. The van der Waals surface area contributed by atoms with E-state index in [9.17, 15) is 9.59 Å². The molecule has 3 heterocycles. The fourth-order valence-electron chi connectivity index (χ4n) is 3.27. The lowest BCUT2D eigenvalue weighted by atomic mass is 10.1. The van der Waals surface area contributed by atoms with Gasteiger partial charge in [0, 0.05) is 18.9 Å². The molecule has 1 N–H and O–H groups in total. The molecule has 0 atom stereocenters. The maximum Gasteiger partial charge on any atom is 0.349 e. The first-order valence-corrected chi connectivity index (χ1v) is 8.83. The van der Waals surface area contributed by atoms with Crippen molar-refractivity contribution in [2.45, 2.75) is 33.2 Å². The topological polar surface area (TPSA) is 93.5 Å². The van der Waals surface area contributed by atoms with Gasteiger partial charge in [-0.05, 0) is 67.6 Å². The Morgan fingerprint density at radius 1 is 1.04 bits per heavy atom. The van der Waals surface area contributed by atoms with Crippen LogP contribution in [0.25, 0.3) is 22.6 Å². The molecule has 2 aliphatic heterocycles. The average molecular weight is 361 g/mol. The molecule has 0 saturated heterocycles. The van der Waals surface area contributed by atoms with E-state index in [0.29, 0.717) is 12.4 Å². The van der Waals surface area contributed by atoms with Gasteiger partial charge in [0.05, 0.1) is 11.0 Å². The maximum atomic E-state index is 12.3. The summed E-state index contributed by atoms with van der Waals surface area (Å²) in [4.78, 5) is 38.8. The highest BCUT2D eigenvalue weighted by Crippen LogP contribution is 2.24. The summed E-state index contributed by atoms with van der Waals surface area (Å²) < 4.78 is 1.93. The molecule has 7 nitrogen and oxygen atoms in total. The molecule has 0 spiro atoms. The Morgan fingerprint density at radius 2 is 1.78 bits per heavy atom. The second-order valence-electron chi connectivity index (χ2n) is 6.69. The first kappa shape index (κ1) is 17.1. The second kappa shape index (κ2) is 6.75. The molecule has 27 heavy (non-hydrogen) atoms. The number of pyridine rings is 1. The largest absolute Gasteiger partial charge is 0.349 e. The van der Waals surface area contributed by atoms with E-state index >= 15 is 0 Å². The van der Waals surface area contributed by atoms with Gasteiger partial charge in [0.1, 0.15) is 0 Å². The van der Waals surface area contributed by atoms with E-state index in [1.807, 2.05) is 42.7 Å². The molecule has 2 aromatic rings. The number of aromatic nitrogens is 5. The summed E-state index contributed by atoms with van der Waals surface area (Å²) >= 11 is 0. The summed E-state index contributed by atoms with van der Waals surface area (Å²) in [6, 6.07) is 7.98. The van der Waals surface area contributed by atoms with Crippen molar-refractivity contribution < 1.29 is 0 Å². The molecule has 2 aliphatic rings. The minimum absolute atomic E-state index is 0.189. The summed E-state index contributed by atoms with van der Waals surface area (Å²) in [5, 5.41) is 0. The minimum Gasteiger partial charge on any atom is -0.322 e. The van der Waals surface area contributed by atoms with Crippen molar-refractivity contribution in [3.63, 3.8) is 0 Å². The molecule has 0 fully saturated rings. The van der Waals surface area contributed by atoms with E-state index in [0.717, 1.165) is 35.0 Å². The number of fused-ring (bicyclic) bond motifs is 2. The number of aryl methyl sites for hydroxylation is 4. The third-order valence-electron chi connectivity index (χ3n) is 4.82. The Bertz CT molecular complexity index is 1210. The van der Waals surface area contributed by atoms with Crippen LogP contribution in [0.3, 0.4) is 0 Å². The molecular formula is C20H19N5O2. The summed E-state index contributed by atoms with van der Waals surface area (Å²) in [6.45, 7) is 4.67. The molecule has 0 radical (unpaired) electrons. The highest BCUT2D eigenvalue weighted by molar-refractivity contribution is 5.81. The number of nitrogens with one attached hydrogen (secondary N) is 1. The molecule has 1 aromatic carbocycles. The van der Waals surface area contributed by atoms with Gasteiger partial charge in [-0.15, -0.1) is 0 Å². The van der Waals surface area contributed by atoms with Gasteiger partial charge in [-0.3, -0.25) is 14.8 Å². The van der Waals surface area contributed by atoms with Gasteiger partial charge in [0.25, 0.3) is 5.56 Å². The third-order valence-corrected chi connectivity index (χ3v) is 4.82. The first-order valence-electron chi connectivity index (χ1n) is 8.83. The Kier molecular flexibility index (Phi) is 4.27. The number of hydrogen-bond acceptors (Lipinski definition) is 5. The van der Waals surface area contributed by atoms with Crippen LogP contribution in [0.1, 0.15) is 23.1 Å². The van der Waals surface area contributed by atoms with Crippen LogP contribution in [-0.4, -0.2) is 24.5 Å². The van der Waals surface area contributed by atoms with E-state index in [4.69, 9.17) is 0 Å². The number of H-pyrrole nitrogens is 1. The number of rotatable bonds is 4. The van der Waals surface area contributed by atoms with Crippen molar-refractivity contribution in [3.05, 3.63) is 74.2 Å². The fourth-order valence-corrected chi connectivity index (χ4v) is 3.27. The van der Waals surface area contributed by atoms with E-state index in [1.54, 1.807) is 12.4 Å². The van der Waals surface area contributed by atoms with Gasteiger partial charge in [-0.2, -0.15) is 4.98 Å². The molecule has 1 aromatic heterocycles. The molecule has 4 rings (SSSR count). The highest BCUT2D eigenvalue weighted by Gasteiger charge is 2.19. The van der Waals surface area contributed by atoms with Gasteiger partial charge in [-0.1, -0.05) is 0 Å². The summed E-state index contributed by atoms with van der Waals surface area (Å²) in [5.41, 5.74) is 4.04. The molecule has 0 amide bonds. The summed E-state index contributed by atoms with van der Waals surface area (Å²) in [7, 11) is 0. The molecule has 0 aliphatic carbocycles. The lowest BCUT2D eigenvalue weighted by molar-refractivity contribution is 0.648. The van der Waals surface area contributed by atoms with Gasteiger partial charge < -0.3 is 4.57 Å². The molecular weight excluding hydrogens is 342 g/mol. The predicted octanol–water partition coefficient (Wildman–Crippen LogP) is 2.23. The molecule has 0 saturated carbocycles. The van der Waals surface area contributed by atoms with E-state index < -0.39 is 11.2 Å². The number of nitrogens with zero attached hydrogens (tertiary/aromatic N) is 4. The SMILES string of the molecule is Cc1cc2nc3c(=O)[nH]c(=O)nc-3n(CCCc3ccncc3)c2cc1C. The second-order valence-corrected chi connectivity index (χ2v) is 6.69. The van der Waals surface area contributed by atoms with Crippen molar-refractivity contribution in [1.82, 2.24) is 24.5 Å².